The van der Waals surface area contributed by atoms with E-state index in [1.807, 2.05) is 24.3 Å². The Balaban J connectivity index is 0.00000264. The van der Waals surface area contributed by atoms with Crippen LogP contribution in [0.25, 0.3) is 0 Å². The molecule has 0 aliphatic heterocycles. The SMILES string of the molecule is COc1cc(CNCCO)cc(Br)c1OCc1cccnc1.[Cl-].[Cl-]. The average Bonchev–Trinajstić information content (AvgIpc) is 2.54. The summed E-state index contributed by atoms with van der Waals surface area (Å²) in [7, 11) is 1.61. The topological polar surface area (TPSA) is 63.6 Å². The first-order valence-electron chi connectivity index (χ1n) is 6.94. The highest BCUT2D eigenvalue weighted by atomic mass is 79.9. The largest absolute Gasteiger partial charge is 1.00 e. The smallest absolute Gasteiger partial charge is 0.175 e. The van der Waals surface area contributed by atoms with Gasteiger partial charge < -0.3 is 44.7 Å². The van der Waals surface area contributed by atoms with Crippen LogP contribution in [0.4, 0.5) is 0 Å². The molecule has 1 aromatic carbocycles. The maximum atomic E-state index is 8.80. The van der Waals surface area contributed by atoms with Crippen LogP contribution >= 0.6 is 15.9 Å². The molecule has 0 aliphatic carbocycles. The lowest BCUT2D eigenvalue weighted by atomic mass is 10.2. The second kappa shape index (κ2) is 12.3. The lowest BCUT2D eigenvalue weighted by Crippen LogP contribution is -3.00. The number of ether oxygens (including phenoxy) is 2. The summed E-state index contributed by atoms with van der Waals surface area (Å²) in [6.45, 7) is 1.74. The van der Waals surface area contributed by atoms with Gasteiger partial charge in [0.15, 0.2) is 11.5 Å². The highest BCUT2D eigenvalue weighted by molar-refractivity contribution is 9.10. The Morgan fingerprint density at radius 2 is 2.04 bits per heavy atom. The number of rotatable bonds is 8. The molecule has 0 radical (unpaired) electrons. The first-order chi connectivity index (χ1) is 10.7. The Morgan fingerprint density at radius 1 is 1.25 bits per heavy atom. The summed E-state index contributed by atoms with van der Waals surface area (Å²) in [5, 5.41) is 11.9. The molecule has 2 aromatic rings. The molecular formula is C16H19BrCl2N2O3-2. The molecule has 2 rings (SSSR count). The Kier molecular flexibility index (Phi) is 11.8. The van der Waals surface area contributed by atoms with E-state index in [1.54, 1.807) is 19.5 Å². The van der Waals surface area contributed by atoms with Crippen molar-refractivity contribution in [3.63, 3.8) is 0 Å². The molecular weight excluding hydrogens is 419 g/mol. The van der Waals surface area contributed by atoms with Crippen molar-refractivity contribution in [1.29, 1.82) is 0 Å². The van der Waals surface area contributed by atoms with E-state index >= 15 is 0 Å². The van der Waals surface area contributed by atoms with Gasteiger partial charge in [0.25, 0.3) is 0 Å². The van der Waals surface area contributed by atoms with Crippen LogP contribution in [-0.2, 0) is 13.2 Å². The predicted molar refractivity (Wildman–Crippen MR) is 88.1 cm³/mol. The van der Waals surface area contributed by atoms with Crippen molar-refractivity contribution in [3.8, 4) is 11.5 Å². The van der Waals surface area contributed by atoms with Crippen LogP contribution in [-0.4, -0.2) is 30.4 Å². The summed E-state index contributed by atoms with van der Waals surface area (Å²) in [6, 6.07) is 7.74. The van der Waals surface area contributed by atoms with Crippen molar-refractivity contribution in [2.45, 2.75) is 13.2 Å². The van der Waals surface area contributed by atoms with Crippen LogP contribution in [0.15, 0.2) is 41.1 Å². The molecule has 0 fully saturated rings. The second-order valence-electron chi connectivity index (χ2n) is 4.66. The fourth-order valence-electron chi connectivity index (χ4n) is 1.97. The average molecular weight is 438 g/mol. The number of methoxy groups -OCH3 is 1. The highest BCUT2D eigenvalue weighted by Crippen LogP contribution is 2.37. The molecule has 0 bridgehead atoms. The van der Waals surface area contributed by atoms with E-state index in [2.05, 4.69) is 26.2 Å². The van der Waals surface area contributed by atoms with Crippen molar-refractivity contribution in [2.24, 2.45) is 0 Å². The van der Waals surface area contributed by atoms with Gasteiger partial charge in [0.1, 0.15) is 6.61 Å². The van der Waals surface area contributed by atoms with E-state index in [4.69, 9.17) is 14.6 Å². The van der Waals surface area contributed by atoms with Crippen LogP contribution < -0.4 is 39.6 Å². The highest BCUT2D eigenvalue weighted by Gasteiger charge is 2.12. The number of aromatic nitrogens is 1. The third-order valence-electron chi connectivity index (χ3n) is 3.01. The maximum absolute atomic E-state index is 8.80. The Labute approximate surface area is 162 Å². The lowest BCUT2D eigenvalue weighted by molar-refractivity contribution is -0.001000. The molecule has 0 saturated carbocycles. The van der Waals surface area contributed by atoms with Crippen LogP contribution in [0.5, 0.6) is 11.5 Å². The normalized spacial score (nSPS) is 9.62. The van der Waals surface area contributed by atoms with E-state index in [0.717, 1.165) is 15.6 Å². The predicted octanol–water partition coefficient (Wildman–Crippen LogP) is -3.48. The molecule has 8 heteroatoms. The minimum Gasteiger partial charge on any atom is -1.00 e. The summed E-state index contributed by atoms with van der Waals surface area (Å²) in [6.07, 6.45) is 3.50. The number of hydrogen-bond donors (Lipinski definition) is 2. The van der Waals surface area contributed by atoms with Crippen molar-refractivity contribution in [1.82, 2.24) is 10.3 Å². The zero-order valence-electron chi connectivity index (χ0n) is 13.1. The van der Waals surface area contributed by atoms with Crippen LogP contribution in [0.3, 0.4) is 0 Å². The third kappa shape index (κ3) is 6.83. The van der Waals surface area contributed by atoms with Gasteiger partial charge in [-0.05, 0) is 39.7 Å². The van der Waals surface area contributed by atoms with E-state index in [-0.39, 0.29) is 31.4 Å². The molecule has 5 nitrogen and oxygen atoms in total. The summed E-state index contributed by atoms with van der Waals surface area (Å²) >= 11 is 3.52. The Hall–Kier alpha value is -1.05. The monoisotopic (exact) mass is 436 g/mol. The molecule has 2 N–H and O–H groups in total. The molecule has 1 aromatic heterocycles. The third-order valence-corrected chi connectivity index (χ3v) is 3.60. The van der Waals surface area contributed by atoms with Crippen LogP contribution in [0, 0.1) is 0 Å². The van der Waals surface area contributed by atoms with Gasteiger partial charge in [-0.3, -0.25) is 4.98 Å². The standard InChI is InChI=1S/C16H19BrN2O3.2ClH/c1-21-15-8-13(10-19-5-6-20)7-14(17)16(15)22-11-12-3-2-4-18-9-12;;/h2-4,7-9,19-20H,5-6,10-11H2,1H3;2*1H/p-2. The molecule has 0 unspecified atom stereocenters. The maximum Gasteiger partial charge on any atom is 0.175 e. The molecule has 0 aliphatic rings. The van der Waals surface area contributed by atoms with E-state index in [9.17, 15) is 0 Å². The number of aliphatic hydroxyl groups is 1. The van der Waals surface area contributed by atoms with Gasteiger partial charge in [-0.25, -0.2) is 0 Å². The van der Waals surface area contributed by atoms with Gasteiger partial charge in [0.05, 0.1) is 18.2 Å². The second-order valence-corrected chi connectivity index (χ2v) is 5.51. The molecule has 24 heavy (non-hydrogen) atoms. The van der Waals surface area contributed by atoms with Gasteiger partial charge >= 0.3 is 0 Å². The Morgan fingerprint density at radius 3 is 2.67 bits per heavy atom. The van der Waals surface area contributed by atoms with E-state index < -0.39 is 0 Å². The van der Waals surface area contributed by atoms with Crippen molar-refractivity contribution >= 4 is 15.9 Å². The quantitative estimate of drug-likeness (QED) is 0.420. The van der Waals surface area contributed by atoms with Crippen molar-refractivity contribution < 1.29 is 39.4 Å². The number of benzene rings is 1. The van der Waals surface area contributed by atoms with E-state index in [1.165, 1.54) is 0 Å². The zero-order chi connectivity index (χ0) is 15.8. The summed E-state index contributed by atoms with van der Waals surface area (Å²) < 4.78 is 12.1. The van der Waals surface area contributed by atoms with Gasteiger partial charge in [0, 0.05) is 31.0 Å². The van der Waals surface area contributed by atoms with Gasteiger partial charge in [-0.15, -0.1) is 0 Å². The minimum atomic E-state index is 0. The van der Waals surface area contributed by atoms with Crippen LogP contribution in [0.2, 0.25) is 0 Å². The van der Waals surface area contributed by atoms with Gasteiger partial charge in [0.2, 0.25) is 0 Å². The van der Waals surface area contributed by atoms with Gasteiger partial charge in [-0.1, -0.05) is 6.07 Å². The number of nitrogens with zero attached hydrogens (tertiary/aromatic N) is 1. The Bertz CT molecular complexity index is 603. The number of halogens is 3. The fourth-order valence-corrected chi connectivity index (χ4v) is 2.57. The molecule has 0 amide bonds. The van der Waals surface area contributed by atoms with Crippen LogP contribution in [0.1, 0.15) is 11.1 Å². The number of pyridine rings is 1. The van der Waals surface area contributed by atoms with Crippen molar-refractivity contribution in [3.05, 3.63) is 52.3 Å². The van der Waals surface area contributed by atoms with E-state index in [0.29, 0.717) is 31.2 Å². The summed E-state index contributed by atoms with van der Waals surface area (Å²) in [4.78, 5) is 4.07. The summed E-state index contributed by atoms with van der Waals surface area (Å²) in [5.41, 5.74) is 2.04. The van der Waals surface area contributed by atoms with Gasteiger partial charge in [-0.2, -0.15) is 0 Å². The van der Waals surface area contributed by atoms with Crippen molar-refractivity contribution in [2.75, 3.05) is 20.3 Å². The number of hydrogen-bond acceptors (Lipinski definition) is 5. The lowest BCUT2D eigenvalue weighted by Gasteiger charge is -2.14. The first-order valence-corrected chi connectivity index (χ1v) is 7.73. The molecule has 0 spiro atoms. The molecule has 134 valence electrons. The minimum absolute atomic E-state index is 0. The number of aliphatic hydroxyl groups excluding tert-OH is 1. The summed E-state index contributed by atoms with van der Waals surface area (Å²) in [5.74, 6) is 1.33. The first kappa shape index (κ1) is 22.9. The molecule has 1 heterocycles. The molecule has 0 saturated heterocycles. The fraction of sp³-hybridized carbons (Fsp3) is 0.312. The zero-order valence-corrected chi connectivity index (χ0v) is 16.2. The molecule has 0 atom stereocenters. The number of nitrogens with one attached hydrogen (secondary N) is 1.